The van der Waals surface area contributed by atoms with Gasteiger partial charge in [0.1, 0.15) is 9.84 Å². The molecule has 0 saturated carbocycles. The van der Waals surface area contributed by atoms with Crippen molar-refractivity contribution in [1.82, 2.24) is 4.90 Å². The third-order valence-corrected chi connectivity index (χ3v) is 4.31. The Morgan fingerprint density at radius 1 is 1.42 bits per heavy atom. The number of sulfone groups is 1. The lowest BCUT2D eigenvalue weighted by molar-refractivity contribution is 0.113. The Morgan fingerprint density at radius 3 is 2.58 bits per heavy atom. The van der Waals surface area contributed by atoms with Crippen molar-refractivity contribution in [3.63, 3.8) is 0 Å². The van der Waals surface area contributed by atoms with E-state index in [1.54, 1.807) is 31.3 Å². The highest BCUT2D eigenvalue weighted by Gasteiger charge is 2.18. The van der Waals surface area contributed by atoms with Crippen molar-refractivity contribution in [2.45, 2.75) is 19.1 Å². The van der Waals surface area contributed by atoms with Crippen LogP contribution >= 0.6 is 11.6 Å². The van der Waals surface area contributed by atoms with E-state index in [4.69, 9.17) is 11.6 Å². The van der Waals surface area contributed by atoms with Crippen LogP contribution in [0.25, 0.3) is 0 Å². The minimum atomic E-state index is -3.02. The van der Waals surface area contributed by atoms with E-state index in [1.807, 2.05) is 11.8 Å². The fourth-order valence-electron chi connectivity index (χ4n) is 1.84. The molecule has 1 N–H and O–H groups in total. The predicted molar refractivity (Wildman–Crippen MR) is 78.2 cm³/mol. The van der Waals surface area contributed by atoms with Gasteiger partial charge in [-0.2, -0.15) is 0 Å². The second-order valence-corrected chi connectivity index (χ2v) is 7.57. The van der Waals surface area contributed by atoms with Gasteiger partial charge in [-0.1, -0.05) is 23.7 Å². The summed E-state index contributed by atoms with van der Waals surface area (Å²) in [5.41, 5.74) is 0.728. The van der Waals surface area contributed by atoms with Crippen LogP contribution in [-0.2, 0) is 9.84 Å². The number of aliphatic hydroxyl groups is 1. The van der Waals surface area contributed by atoms with Gasteiger partial charge in [0.05, 0.1) is 11.9 Å². The van der Waals surface area contributed by atoms with E-state index in [-0.39, 0.29) is 11.8 Å². The molecule has 0 spiro atoms. The summed E-state index contributed by atoms with van der Waals surface area (Å²) in [5, 5.41) is 10.7. The molecule has 0 heterocycles. The van der Waals surface area contributed by atoms with E-state index in [2.05, 4.69) is 0 Å². The zero-order valence-electron chi connectivity index (χ0n) is 11.4. The summed E-state index contributed by atoms with van der Waals surface area (Å²) in [6, 6.07) is 6.88. The van der Waals surface area contributed by atoms with Crippen molar-refractivity contribution in [3.8, 4) is 0 Å². The molecule has 1 rings (SSSR count). The number of likely N-dealkylation sites (N-methyl/N-ethyl adjacent to an activating group) is 1. The third-order valence-electron chi connectivity index (χ3n) is 2.99. The van der Waals surface area contributed by atoms with Crippen LogP contribution in [0.1, 0.15) is 18.6 Å². The Hall–Kier alpha value is -0.620. The molecule has 4 nitrogen and oxygen atoms in total. The molecule has 0 radical (unpaired) electrons. The van der Waals surface area contributed by atoms with E-state index >= 15 is 0 Å². The first-order valence-corrected chi connectivity index (χ1v) is 8.44. The van der Waals surface area contributed by atoms with Crippen molar-refractivity contribution in [2.24, 2.45) is 0 Å². The summed E-state index contributed by atoms with van der Waals surface area (Å²) in [6.07, 6.45) is 0.524. The minimum absolute atomic E-state index is 0.0752. The quantitative estimate of drug-likeness (QED) is 0.870. The second kappa shape index (κ2) is 6.70. The van der Waals surface area contributed by atoms with E-state index in [1.165, 1.54) is 6.26 Å². The molecule has 0 aliphatic rings. The first kappa shape index (κ1) is 16.4. The molecule has 108 valence electrons. The van der Waals surface area contributed by atoms with Gasteiger partial charge in [-0.3, -0.25) is 4.90 Å². The normalized spacial score (nSPS) is 15.5. The van der Waals surface area contributed by atoms with Crippen molar-refractivity contribution in [2.75, 3.05) is 25.6 Å². The molecular formula is C13H20ClNO3S. The summed E-state index contributed by atoms with van der Waals surface area (Å²) in [6.45, 7) is 2.18. The van der Waals surface area contributed by atoms with Crippen LogP contribution < -0.4 is 0 Å². The molecule has 0 fully saturated rings. The van der Waals surface area contributed by atoms with Crippen LogP contribution in [0.3, 0.4) is 0 Å². The zero-order chi connectivity index (χ0) is 14.6. The van der Waals surface area contributed by atoms with Gasteiger partial charge in [0.25, 0.3) is 0 Å². The fourth-order valence-corrected chi connectivity index (χ4v) is 3.17. The number of rotatable bonds is 6. The average molecular weight is 306 g/mol. The Labute approximate surface area is 119 Å². The molecule has 0 saturated heterocycles. The van der Waals surface area contributed by atoms with E-state index in [0.717, 1.165) is 5.56 Å². The first-order chi connectivity index (χ1) is 8.69. The maximum absolute atomic E-state index is 11.2. The average Bonchev–Trinajstić information content (AvgIpc) is 2.26. The van der Waals surface area contributed by atoms with E-state index in [9.17, 15) is 13.5 Å². The van der Waals surface area contributed by atoms with Gasteiger partial charge in [0.2, 0.25) is 0 Å². The summed E-state index contributed by atoms with van der Waals surface area (Å²) in [5.74, 6) is 0.0752. The molecule has 19 heavy (non-hydrogen) atoms. The molecular weight excluding hydrogens is 286 g/mol. The summed E-state index contributed by atoms with van der Waals surface area (Å²) < 4.78 is 22.5. The molecule has 1 aromatic rings. The zero-order valence-corrected chi connectivity index (χ0v) is 12.9. The van der Waals surface area contributed by atoms with Gasteiger partial charge in [-0.05, 0) is 31.7 Å². The highest BCUT2D eigenvalue weighted by atomic mass is 35.5. The maximum Gasteiger partial charge on any atom is 0.148 e. The molecule has 1 aromatic carbocycles. The molecule has 6 heteroatoms. The number of nitrogens with zero attached hydrogens (tertiary/aromatic N) is 1. The largest absolute Gasteiger partial charge is 0.387 e. The highest BCUT2D eigenvalue weighted by Crippen LogP contribution is 2.19. The lowest BCUT2D eigenvalue weighted by atomic mass is 10.1. The number of hydrogen-bond donors (Lipinski definition) is 1. The Bertz CT molecular complexity index is 518. The van der Waals surface area contributed by atoms with Crippen molar-refractivity contribution >= 4 is 21.4 Å². The third kappa shape index (κ3) is 5.91. The van der Waals surface area contributed by atoms with Crippen molar-refractivity contribution in [3.05, 3.63) is 34.9 Å². The molecule has 0 aliphatic heterocycles. The smallest absolute Gasteiger partial charge is 0.148 e. The van der Waals surface area contributed by atoms with Gasteiger partial charge >= 0.3 is 0 Å². The summed E-state index contributed by atoms with van der Waals surface area (Å²) in [4.78, 5) is 1.83. The Balaban J connectivity index is 2.63. The van der Waals surface area contributed by atoms with Crippen molar-refractivity contribution < 1.29 is 13.5 Å². The van der Waals surface area contributed by atoms with Crippen LogP contribution in [0.4, 0.5) is 0 Å². The van der Waals surface area contributed by atoms with Gasteiger partial charge in [-0.15, -0.1) is 0 Å². The molecule has 2 unspecified atom stereocenters. The van der Waals surface area contributed by atoms with Crippen molar-refractivity contribution in [1.29, 1.82) is 0 Å². The number of halogens is 1. The predicted octanol–water partition coefficient (Wildman–Crippen LogP) is 1.74. The van der Waals surface area contributed by atoms with E-state index < -0.39 is 15.9 Å². The lowest BCUT2D eigenvalue weighted by Crippen LogP contribution is -2.37. The topological polar surface area (TPSA) is 57.6 Å². The van der Waals surface area contributed by atoms with Crippen LogP contribution in [0.15, 0.2) is 24.3 Å². The molecule has 0 aliphatic carbocycles. The Morgan fingerprint density at radius 2 is 2.05 bits per heavy atom. The first-order valence-electron chi connectivity index (χ1n) is 6.00. The SMILES string of the molecule is CC(CS(C)(=O)=O)N(C)CC(O)c1cccc(Cl)c1. The molecule has 0 bridgehead atoms. The van der Waals surface area contributed by atoms with E-state index in [0.29, 0.717) is 11.6 Å². The standard InChI is InChI=1S/C13H20ClNO3S/c1-10(9-19(3,17)18)15(2)8-13(16)11-5-4-6-12(14)7-11/h4-7,10,13,16H,8-9H2,1-3H3. The lowest BCUT2D eigenvalue weighted by Gasteiger charge is -2.26. The number of hydrogen-bond acceptors (Lipinski definition) is 4. The van der Waals surface area contributed by atoms with Gasteiger partial charge < -0.3 is 5.11 Å². The molecule has 2 atom stereocenters. The molecule has 0 aromatic heterocycles. The number of benzene rings is 1. The Kier molecular flexibility index (Phi) is 5.80. The van der Waals surface area contributed by atoms with Crippen LogP contribution in [0, 0.1) is 0 Å². The second-order valence-electron chi connectivity index (χ2n) is 4.95. The van der Waals surface area contributed by atoms with Gasteiger partial charge in [-0.25, -0.2) is 8.42 Å². The van der Waals surface area contributed by atoms with Gasteiger partial charge in [0, 0.05) is 23.9 Å². The monoisotopic (exact) mass is 305 g/mol. The fraction of sp³-hybridized carbons (Fsp3) is 0.538. The maximum atomic E-state index is 11.2. The minimum Gasteiger partial charge on any atom is -0.387 e. The summed E-state index contributed by atoms with van der Waals surface area (Å²) >= 11 is 5.87. The van der Waals surface area contributed by atoms with Crippen LogP contribution in [0.5, 0.6) is 0 Å². The summed E-state index contributed by atoms with van der Waals surface area (Å²) in [7, 11) is -1.22. The van der Waals surface area contributed by atoms with Gasteiger partial charge in [0.15, 0.2) is 0 Å². The molecule has 0 amide bonds. The number of aliphatic hydroxyl groups excluding tert-OH is 1. The highest BCUT2D eigenvalue weighted by molar-refractivity contribution is 7.90. The van der Waals surface area contributed by atoms with Crippen LogP contribution in [-0.4, -0.2) is 50.1 Å². The van der Waals surface area contributed by atoms with Crippen LogP contribution in [0.2, 0.25) is 5.02 Å².